The molecule has 0 fully saturated rings. The molecule has 0 spiro atoms. The van der Waals surface area contributed by atoms with Gasteiger partial charge < -0.3 is 24.8 Å². The Morgan fingerprint density at radius 1 is 0.564 bits per heavy atom. The summed E-state index contributed by atoms with van der Waals surface area (Å²) in [6, 6.07) is 36.0. The first-order valence-electron chi connectivity index (χ1n) is 14.3. The van der Waals surface area contributed by atoms with Crippen LogP contribution in [0.5, 0.6) is 0 Å². The molecule has 0 radical (unpaired) electrons. The topological polar surface area (TPSA) is 0 Å². The van der Waals surface area contributed by atoms with Crippen LogP contribution in [0, 0.1) is 5.92 Å². The quantitative estimate of drug-likeness (QED) is 0.247. The molecule has 1 atom stereocenters. The summed E-state index contributed by atoms with van der Waals surface area (Å²) in [4.78, 5) is 0. The number of hydrogen-bond acceptors (Lipinski definition) is 0. The summed E-state index contributed by atoms with van der Waals surface area (Å²) in [7, 11) is 0. The Bertz CT molecular complexity index is 1240. The molecule has 1 unspecified atom stereocenters. The summed E-state index contributed by atoms with van der Waals surface area (Å²) >= 11 is -0.339. The average Bonchev–Trinajstić information content (AvgIpc) is 3.46. The van der Waals surface area contributed by atoms with E-state index < -0.39 is 0 Å². The Labute approximate surface area is 260 Å². The molecule has 0 saturated heterocycles. The fourth-order valence-corrected chi connectivity index (χ4v) is 10.7. The van der Waals surface area contributed by atoms with Crippen molar-refractivity contribution in [3.63, 3.8) is 0 Å². The molecule has 6 rings (SSSR count). The summed E-state index contributed by atoms with van der Waals surface area (Å²) in [6.07, 6.45) is 6.72. The predicted molar refractivity (Wildman–Crippen MR) is 156 cm³/mol. The van der Waals surface area contributed by atoms with E-state index in [-0.39, 0.29) is 48.0 Å². The van der Waals surface area contributed by atoms with Gasteiger partial charge in [-0.3, -0.25) is 0 Å². The van der Waals surface area contributed by atoms with Gasteiger partial charge in [-0.2, -0.15) is 0 Å². The van der Waals surface area contributed by atoms with Gasteiger partial charge in [0.1, 0.15) is 0 Å². The molecular weight excluding hydrogens is 595 g/mol. The zero-order valence-corrected chi connectivity index (χ0v) is 27.4. The minimum Gasteiger partial charge on any atom is -1.00 e. The molecule has 0 aliphatic heterocycles. The van der Waals surface area contributed by atoms with Gasteiger partial charge in [0.05, 0.1) is 0 Å². The van der Waals surface area contributed by atoms with Crippen LogP contribution < -0.4 is 24.8 Å². The van der Waals surface area contributed by atoms with E-state index in [2.05, 4.69) is 118 Å². The maximum absolute atomic E-state index is 2.42. The number of rotatable bonds is 8. The molecule has 2 aliphatic rings. The molecule has 0 bridgehead atoms. The molecule has 202 valence electrons. The maximum atomic E-state index is 2.42. The number of benzene rings is 4. The number of fused-ring (bicyclic) bond motifs is 6. The Kier molecular flexibility index (Phi) is 12.6. The molecule has 4 aromatic rings. The predicted octanol–water partition coefficient (Wildman–Crippen LogP) is 4.69. The van der Waals surface area contributed by atoms with E-state index in [1.54, 1.807) is 11.1 Å². The second-order valence-electron chi connectivity index (χ2n) is 10.7. The van der Waals surface area contributed by atoms with E-state index in [9.17, 15) is 0 Å². The van der Waals surface area contributed by atoms with E-state index in [1.165, 1.54) is 69.6 Å². The Morgan fingerprint density at radius 3 is 1.38 bits per heavy atom. The first-order valence-corrected chi connectivity index (χ1v) is 17.5. The van der Waals surface area contributed by atoms with E-state index >= 15 is 0 Å². The van der Waals surface area contributed by atoms with Crippen molar-refractivity contribution in [2.24, 2.45) is 5.92 Å². The van der Waals surface area contributed by atoms with Gasteiger partial charge in [-0.25, -0.2) is 0 Å². The molecule has 4 aromatic carbocycles. The summed E-state index contributed by atoms with van der Waals surface area (Å²) in [5, 5.41) is 0. The molecule has 2 aliphatic carbocycles. The van der Waals surface area contributed by atoms with E-state index in [0.717, 1.165) is 9.54 Å². The molecule has 39 heavy (non-hydrogen) atoms. The monoisotopic (exact) mass is 632 g/mol. The van der Waals surface area contributed by atoms with Gasteiger partial charge in [-0.15, -0.1) is 0 Å². The number of unbranched alkanes of at least 4 members (excludes halogenated alkanes) is 2. The van der Waals surface area contributed by atoms with Crippen molar-refractivity contribution in [1.82, 2.24) is 0 Å². The summed E-state index contributed by atoms with van der Waals surface area (Å²) in [6.45, 7) is 7.00. The van der Waals surface area contributed by atoms with Crippen molar-refractivity contribution in [2.75, 3.05) is 0 Å². The van der Waals surface area contributed by atoms with Gasteiger partial charge in [0.15, 0.2) is 0 Å². The molecular formula is C36H40Cl2Zr. The Morgan fingerprint density at radius 2 is 0.949 bits per heavy atom. The summed E-state index contributed by atoms with van der Waals surface area (Å²) in [5.74, 6) is 1.32. The zero-order chi connectivity index (χ0) is 25.6. The summed E-state index contributed by atoms with van der Waals surface area (Å²) in [5.41, 5.74) is 12.2. The van der Waals surface area contributed by atoms with Crippen molar-refractivity contribution in [1.29, 1.82) is 0 Å². The van der Waals surface area contributed by atoms with Crippen LogP contribution in [0.15, 0.2) is 97.1 Å². The number of halogens is 2. The molecule has 0 N–H and O–H groups in total. The van der Waals surface area contributed by atoms with Gasteiger partial charge >= 0.3 is 122 Å². The van der Waals surface area contributed by atoms with Crippen molar-refractivity contribution in [3.05, 3.63) is 119 Å². The van der Waals surface area contributed by atoms with E-state index in [4.69, 9.17) is 0 Å². The average molecular weight is 635 g/mol. The molecule has 0 saturated carbocycles. The van der Waals surface area contributed by atoms with Crippen LogP contribution in [0.1, 0.15) is 84.7 Å². The van der Waals surface area contributed by atoms with Crippen LogP contribution in [0.3, 0.4) is 0 Å². The molecule has 0 aromatic heterocycles. The fourth-order valence-electron chi connectivity index (χ4n) is 6.30. The smallest absolute Gasteiger partial charge is 1.00 e. The minimum absolute atomic E-state index is 0. The van der Waals surface area contributed by atoms with Crippen LogP contribution >= 0.6 is 0 Å². The molecule has 0 heterocycles. The van der Waals surface area contributed by atoms with Gasteiger partial charge in [-0.05, 0) is 34.6 Å². The van der Waals surface area contributed by atoms with Gasteiger partial charge in [0, 0.05) is 5.92 Å². The van der Waals surface area contributed by atoms with Gasteiger partial charge in [-0.1, -0.05) is 75.2 Å². The first kappa shape index (κ1) is 31.9. The Balaban J connectivity index is 0.000000205. The minimum atomic E-state index is -0.339. The van der Waals surface area contributed by atoms with E-state index in [1.807, 2.05) is 0 Å². The maximum Gasteiger partial charge on any atom is -1.00 e. The van der Waals surface area contributed by atoms with E-state index in [0.29, 0.717) is 5.92 Å². The Hall–Kier alpha value is -1.66. The second kappa shape index (κ2) is 15.4. The van der Waals surface area contributed by atoms with Crippen LogP contribution in [-0.4, -0.2) is 0 Å². The van der Waals surface area contributed by atoms with Crippen molar-refractivity contribution in [3.8, 4) is 22.3 Å². The fraction of sp³-hybridized carbons (Fsp3) is 0.333. The standard InChI is InChI=1S/C19H22.C13H9.C4H9.2ClH.Zr/c1-3-4-9-14(2)19-17-12-7-5-10-15(17)16-11-6-8-13-18(16)19;1-3-7-12-10(5-1)9-11-6-2-4-8-13(11)12;1-3-4-2;;;/h5-8,10-14,19H,3-4,9H2,1-2H3;1-9H;1,3-4H2,2H3;2*1H;/q;;;;;+2/p-2. The molecule has 3 heteroatoms. The third-order valence-electron chi connectivity index (χ3n) is 8.18. The first-order chi connectivity index (χ1) is 18.2. The van der Waals surface area contributed by atoms with Crippen LogP contribution in [-0.2, 0) is 23.2 Å². The van der Waals surface area contributed by atoms with Crippen LogP contribution in [0.2, 0.25) is 4.13 Å². The van der Waals surface area contributed by atoms with Crippen LogP contribution in [0.25, 0.3) is 22.3 Å². The second-order valence-corrected chi connectivity index (χ2v) is 14.3. The molecule has 0 nitrogen and oxygen atoms in total. The third-order valence-corrected chi connectivity index (χ3v) is 12.3. The molecule has 0 amide bonds. The summed E-state index contributed by atoms with van der Waals surface area (Å²) < 4.78 is 2.31. The van der Waals surface area contributed by atoms with Crippen molar-refractivity contribution < 1.29 is 48.0 Å². The SMILES string of the molecule is CCCCC(C)C1c2ccccc2-c2ccccc21.CCC[CH2][Zr+2][CH]1c2ccccc2-c2ccccc21.[Cl-].[Cl-]. The van der Waals surface area contributed by atoms with Crippen molar-refractivity contribution >= 4 is 0 Å². The largest absolute Gasteiger partial charge is 1.00 e. The third kappa shape index (κ3) is 6.81. The van der Waals surface area contributed by atoms with Crippen LogP contribution in [0.4, 0.5) is 0 Å². The van der Waals surface area contributed by atoms with Gasteiger partial charge in [0.25, 0.3) is 0 Å². The normalized spacial score (nSPS) is 13.3. The van der Waals surface area contributed by atoms with Crippen molar-refractivity contribution in [2.45, 2.75) is 66.5 Å². The van der Waals surface area contributed by atoms with Gasteiger partial charge in [0.2, 0.25) is 0 Å². The number of hydrogen-bond donors (Lipinski definition) is 0. The zero-order valence-electron chi connectivity index (χ0n) is 23.5.